The van der Waals surface area contributed by atoms with Gasteiger partial charge in [0.05, 0.1) is 6.54 Å². The van der Waals surface area contributed by atoms with Gasteiger partial charge in [-0.3, -0.25) is 0 Å². The van der Waals surface area contributed by atoms with Gasteiger partial charge in [-0.2, -0.15) is 5.10 Å². The maximum absolute atomic E-state index is 6.43. The van der Waals surface area contributed by atoms with E-state index in [1.807, 2.05) is 16.8 Å². The van der Waals surface area contributed by atoms with Gasteiger partial charge in [0.25, 0.3) is 0 Å². The van der Waals surface area contributed by atoms with Crippen LogP contribution in [-0.2, 0) is 17.7 Å². The first-order chi connectivity index (χ1) is 10.5. The predicted molar refractivity (Wildman–Crippen MR) is 84.7 cm³/mol. The lowest BCUT2D eigenvalue weighted by Crippen LogP contribution is -2.38. The fourth-order valence-corrected chi connectivity index (χ4v) is 4.29. The van der Waals surface area contributed by atoms with Crippen LogP contribution in [0.2, 0.25) is 5.02 Å². The van der Waals surface area contributed by atoms with Gasteiger partial charge < -0.3 is 4.74 Å². The van der Waals surface area contributed by atoms with Gasteiger partial charge in [-0.05, 0) is 36.0 Å². The Kier molecular flexibility index (Phi) is 2.94. The van der Waals surface area contributed by atoms with Crippen LogP contribution in [0.15, 0.2) is 36.9 Å². The van der Waals surface area contributed by atoms with E-state index < -0.39 is 0 Å². The van der Waals surface area contributed by atoms with Crippen LogP contribution in [0, 0.1) is 5.41 Å². The number of epoxide rings is 1. The van der Waals surface area contributed by atoms with Crippen molar-refractivity contribution in [3.8, 4) is 0 Å². The van der Waals surface area contributed by atoms with Crippen LogP contribution in [0.3, 0.4) is 0 Å². The summed E-state index contributed by atoms with van der Waals surface area (Å²) in [6, 6.07) is 8.11. The highest BCUT2D eigenvalue weighted by molar-refractivity contribution is 6.30. The Hall–Kier alpha value is -1.39. The summed E-state index contributed by atoms with van der Waals surface area (Å²) >= 11 is 5.99. The van der Waals surface area contributed by atoms with Crippen molar-refractivity contribution in [3.05, 3.63) is 47.5 Å². The molecule has 2 aliphatic rings. The van der Waals surface area contributed by atoms with Crippen molar-refractivity contribution in [1.29, 1.82) is 0 Å². The Morgan fingerprint density at radius 1 is 1.23 bits per heavy atom. The van der Waals surface area contributed by atoms with Crippen molar-refractivity contribution in [3.63, 3.8) is 0 Å². The second-order valence-electron chi connectivity index (χ2n) is 7.20. The monoisotopic (exact) mass is 317 g/mol. The zero-order valence-electron chi connectivity index (χ0n) is 12.9. The molecule has 0 spiro atoms. The van der Waals surface area contributed by atoms with E-state index in [4.69, 9.17) is 16.3 Å². The number of hydrogen-bond acceptors (Lipinski definition) is 3. The zero-order valence-corrected chi connectivity index (χ0v) is 13.7. The third kappa shape index (κ3) is 1.94. The second-order valence-corrected chi connectivity index (χ2v) is 7.64. The standard InChI is InChI=1S/C17H20ClN3O/c1-15(2)7-8-16(9-13-3-5-14(18)6-4-13)17(15,22-16)10-21-12-19-11-20-21/h3-6,11-12H,7-10H2,1-2H3/t16-,17-/m0/s1. The molecule has 2 heterocycles. The average Bonchev–Trinajstić information content (AvgIpc) is 2.79. The lowest BCUT2D eigenvalue weighted by Gasteiger charge is -2.28. The van der Waals surface area contributed by atoms with Crippen molar-refractivity contribution in [2.45, 2.75) is 50.9 Å². The summed E-state index contributed by atoms with van der Waals surface area (Å²) < 4.78 is 8.33. The van der Waals surface area contributed by atoms with Gasteiger partial charge in [0.1, 0.15) is 23.9 Å². The Labute approximate surface area is 135 Å². The molecule has 0 bridgehead atoms. The molecule has 1 aliphatic carbocycles. The van der Waals surface area contributed by atoms with Crippen LogP contribution in [0.5, 0.6) is 0 Å². The van der Waals surface area contributed by atoms with Crippen molar-refractivity contribution in [2.24, 2.45) is 5.41 Å². The molecule has 1 aliphatic heterocycles. The van der Waals surface area contributed by atoms with E-state index >= 15 is 0 Å². The summed E-state index contributed by atoms with van der Waals surface area (Å²) in [5.74, 6) is 0. The molecule has 22 heavy (non-hydrogen) atoms. The molecule has 4 nitrogen and oxygen atoms in total. The van der Waals surface area contributed by atoms with Crippen LogP contribution < -0.4 is 0 Å². The molecule has 1 saturated carbocycles. The molecular weight excluding hydrogens is 298 g/mol. The van der Waals surface area contributed by atoms with Crippen molar-refractivity contribution < 1.29 is 4.74 Å². The van der Waals surface area contributed by atoms with Crippen LogP contribution in [-0.4, -0.2) is 26.0 Å². The highest BCUT2D eigenvalue weighted by Crippen LogP contribution is 2.69. The van der Waals surface area contributed by atoms with E-state index in [1.165, 1.54) is 12.0 Å². The minimum absolute atomic E-state index is 0.0731. The van der Waals surface area contributed by atoms with E-state index in [1.54, 1.807) is 12.7 Å². The molecule has 5 heteroatoms. The minimum Gasteiger partial charge on any atom is -0.360 e. The fraction of sp³-hybridized carbons (Fsp3) is 0.529. The van der Waals surface area contributed by atoms with E-state index in [0.29, 0.717) is 0 Å². The molecule has 0 amide bonds. The number of aromatic nitrogens is 3. The van der Waals surface area contributed by atoms with Crippen molar-refractivity contribution >= 4 is 11.6 Å². The van der Waals surface area contributed by atoms with Gasteiger partial charge in [-0.1, -0.05) is 37.6 Å². The van der Waals surface area contributed by atoms with Gasteiger partial charge >= 0.3 is 0 Å². The molecule has 1 aromatic heterocycles. The average molecular weight is 318 g/mol. The summed E-state index contributed by atoms with van der Waals surface area (Å²) in [4.78, 5) is 4.06. The SMILES string of the molecule is CC1(C)CC[C@@]2(Cc3ccc(Cl)cc3)O[C@@]12Cn1cncn1. The molecule has 1 aromatic carbocycles. The number of halogens is 1. The van der Waals surface area contributed by atoms with Crippen LogP contribution in [0.1, 0.15) is 32.3 Å². The molecule has 1 saturated heterocycles. The van der Waals surface area contributed by atoms with Gasteiger partial charge in [-0.25, -0.2) is 9.67 Å². The van der Waals surface area contributed by atoms with Gasteiger partial charge in [0.15, 0.2) is 0 Å². The predicted octanol–water partition coefficient (Wildman–Crippen LogP) is 3.50. The van der Waals surface area contributed by atoms with E-state index in [2.05, 4.69) is 36.1 Å². The van der Waals surface area contributed by atoms with Crippen LogP contribution >= 0.6 is 11.6 Å². The smallest absolute Gasteiger partial charge is 0.137 e. The lowest BCUT2D eigenvalue weighted by molar-refractivity contribution is 0.0923. The van der Waals surface area contributed by atoms with E-state index in [0.717, 1.165) is 24.4 Å². The largest absolute Gasteiger partial charge is 0.360 e. The number of nitrogens with zero attached hydrogens (tertiary/aromatic N) is 3. The topological polar surface area (TPSA) is 43.2 Å². The number of fused-ring (bicyclic) bond motifs is 1. The molecule has 0 unspecified atom stereocenters. The number of benzene rings is 1. The number of rotatable bonds is 4. The molecule has 2 fully saturated rings. The maximum Gasteiger partial charge on any atom is 0.137 e. The van der Waals surface area contributed by atoms with Crippen molar-refractivity contribution in [2.75, 3.05) is 0 Å². The zero-order chi connectivity index (χ0) is 15.4. The van der Waals surface area contributed by atoms with Gasteiger partial charge in [0, 0.05) is 11.4 Å². The second kappa shape index (κ2) is 4.56. The van der Waals surface area contributed by atoms with Crippen LogP contribution in [0.25, 0.3) is 0 Å². The first-order valence-corrected chi connectivity index (χ1v) is 8.11. The number of ether oxygens (including phenoxy) is 1. The van der Waals surface area contributed by atoms with Gasteiger partial charge in [0.2, 0.25) is 0 Å². The summed E-state index contributed by atoms with van der Waals surface area (Å²) in [5, 5.41) is 5.05. The highest BCUT2D eigenvalue weighted by Gasteiger charge is 2.79. The Balaban J connectivity index is 1.63. The fourth-order valence-electron chi connectivity index (χ4n) is 4.16. The third-order valence-corrected chi connectivity index (χ3v) is 5.82. The van der Waals surface area contributed by atoms with Crippen molar-refractivity contribution in [1.82, 2.24) is 14.8 Å². The molecular formula is C17H20ClN3O. The molecule has 2 aromatic rings. The first-order valence-electron chi connectivity index (χ1n) is 7.74. The molecule has 0 radical (unpaired) electrons. The highest BCUT2D eigenvalue weighted by atomic mass is 35.5. The Morgan fingerprint density at radius 3 is 2.68 bits per heavy atom. The molecule has 0 N–H and O–H groups in total. The Morgan fingerprint density at radius 2 is 2.00 bits per heavy atom. The summed E-state index contributed by atoms with van der Waals surface area (Å²) in [6.45, 7) is 5.38. The third-order valence-electron chi connectivity index (χ3n) is 5.57. The number of hydrogen-bond donors (Lipinski definition) is 0. The van der Waals surface area contributed by atoms with E-state index in [-0.39, 0.29) is 16.6 Å². The van der Waals surface area contributed by atoms with E-state index in [9.17, 15) is 0 Å². The quantitative estimate of drug-likeness (QED) is 0.811. The van der Waals surface area contributed by atoms with Gasteiger partial charge in [-0.15, -0.1) is 0 Å². The maximum atomic E-state index is 6.43. The summed E-state index contributed by atoms with van der Waals surface area (Å²) in [6.07, 6.45) is 6.56. The lowest BCUT2D eigenvalue weighted by atomic mass is 9.76. The molecule has 4 rings (SSSR count). The first kappa shape index (κ1) is 14.2. The molecule has 2 atom stereocenters. The Bertz CT molecular complexity index is 682. The normalized spacial score (nSPS) is 32.0. The summed E-state index contributed by atoms with van der Waals surface area (Å²) in [7, 11) is 0. The summed E-state index contributed by atoms with van der Waals surface area (Å²) in [5.41, 5.74) is 1.21. The van der Waals surface area contributed by atoms with Crippen LogP contribution in [0.4, 0.5) is 0 Å². The minimum atomic E-state index is -0.145. The molecule has 116 valence electrons.